The fourth-order valence-electron chi connectivity index (χ4n) is 2.35. The molecule has 3 aromatic rings. The molecule has 7 nitrogen and oxygen atoms in total. The van der Waals surface area contributed by atoms with Gasteiger partial charge in [0.15, 0.2) is 0 Å². The summed E-state index contributed by atoms with van der Waals surface area (Å²) < 4.78 is 5.58. The van der Waals surface area contributed by atoms with E-state index in [0.29, 0.717) is 23.6 Å². The van der Waals surface area contributed by atoms with Crippen LogP contribution in [0.25, 0.3) is 11.3 Å². The molecular weight excluding hydrogens is 332 g/mol. The molecule has 0 saturated heterocycles. The summed E-state index contributed by atoms with van der Waals surface area (Å²) in [7, 11) is 0. The normalized spacial score (nSPS) is 10.8. The molecule has 0 aliphatic carbocycles. The van der Waals surface area contributed by atoms with Gasteiger partial charge in [-0.2, -0.15) is 10.2 Å². The zero-order valence-corrected chi connectivity index (χ0v) is 14.1. The number of aromatic amines is 1. The predicted molar refractivity (Wildman–Crippen MR) is 98.4 cm³/mol. The van der Waals surface area contributed by atoms with Crippen molar-refractivity contribution < 1.29 is 14.6 Å². The van der Waals surface area contributed by atoms with Crippen molar-refractivity contribution in [2.75, 3.05) is 6.61 Å². The molecule has 1 heterocycles. The minimum atomic E-state index is -0.440. The molecule has 0 fully saturated rings. The Morgan fingerprint density at radius 3 is 2.85 bits per heavy atom. The number of nitrogens with zero attached hydrogens (tertiary/aromatic N) is 2. The van der Waals surface area contributed by atoms with E-state index in [1.807, 2.05) is 31.2 Å². The third-order valence-electron chi connectivity index (χ3n) is 3.59. The van der Waals surface area contributed by atoms with Crippen LogP contribution < -0.4 is 10.2 Å². The summed E-state index contributed by atoms with van der Waals surface area (Å²) >= 11 is 0. The van der Waals surface area contributed by atoms with Gasteiger partial charge in [0, 0.05) is 11.1 Å². The molecule has 0 aliphatic rings. The van der Waals surface area contributed by atoms with Crippen LogP contribution in [0.1, 0.15) is 23.0 Å². The van der Waals surface area contributed by atoms with E-state index in [-0.39, 0.29) is 11.4 Å². The number of benzene rings is 2. The van der Waals surface area contributed by atoms with E-state index in [0.717, 1.165) is 5.56 Å². The quantitative estimate of drug-likeness (QED) is 0.470. The molecule has 26 heavy (non-hydrogen) atoms. The number of H-pyrrole nitrogens is 1. The number of aromatic hydroxyl groups is 1. The Hall–Kier alpha value is -3.61. The first-order valence-corrected chi connectivity index (χ1v) is 8.08. The van der Waals surface area contributed by atoms with E-state index in [9.17, 15) is 9.90 Å². The van der Waals surface area contributed by atoms with Crippen molar-refractivity contribution in [2.45, 2.75) is 6.92 Å². The second kappa shape index (κ2) is 7.98. The third kappa shape index (κ3) is 3.89. The maximum atomic E-state index is 12.2. The predicted octanol–water partition coefficient (Wildman–Crippen LogP) is 2.94. The number of aromatic nitrogens is 2. The molecule has 3 rings (SSSR count). The van der Waals surface area contributed by atoms with Gasteiger partial charge < -0.3 is 9.84 Å². The number of hydrogen-bond donors (Lipinski definition) is 3. The highest BCUT2D eigenvalue weighted by molar-refractivity contribution is 5.94. The Labute approximate surface area is 150 Å². The fourth-order valence-corrected chi connectivity index (χ4v) is 2.35. The molecule has 132 valence electrons. The first-order chi connectivity index (χ1) is 12.7. The zero-order chi connectivity index (χ0) is 18.4. The van der Waals surface area contributed by atoms with E-state index < -0.39 is 5.91 Å². The van der Waals surface area contributed by atoms with Gasteiger partial charge in [-0.05, 0) is 37.3 Å². The van der Waals surface area contributed by atoms with Crippen molar-refractivity contribution in [3.63, 3.8) is 0 Å². The second-order valence-electron chi connectivity index (χ2n) is 5.35. The van der Waals surface area contributed by atoms with Gasteiger partial charge in [-0.15, -0.1) is 0 Å². The van der Waals surface area contributed by atoms with Gasteiger partial charge in [0.25, 0.3) is 5.91 Å². The van der Waals surface area contributed by atoms with Crippen LogP contribution in [0.3, 0.4) is 0 Å². The molecule has 0 saturated carbocycles. The van der Waals surface area contributed by atoms with Crippen LogP contribution in [0.5, 0.6) is 11.5 Å². The van der Waals surface area contributed by atoms with Crippen LogP contribution in [0, 0.1) is 0 Å². The molecule has 2 aromatic carbocycles. The van der Waals surface area contributed by atoms with Crippen molar-refractivity contribution in [2.24, 2.45) is 5.10 Å². The minimum absolute atomic E-state index is 0.0851. The van der Waals surface area contributed by atoms with Crippen molar-refractivity contribution in [3.8, 4) is 22.8 Å². The standard InChI is InChI=1S/C19H18N4O3/c1-2-26-18-10-6-4-8-14(18)15-11-16(22-21-15)19(25)23-20-12-13-7-3-5-9-17(13)24/h3-12,24H,2H2,1H3,(H,21,22)(H,23,25). The Morgan fingerprint density at radius 2 is 2.04 bits per heavy atom. The Morgan fingerprint density at radius 1 is 1.27 bits per heavy atom. The number of nitrogens with one attached hydrogen (secondary N) is 2. The van der Waals surface area contributed by atoms with Crippen molar-refractivity contribution in [3.05, 3.63) is 65.9 Å². The summed E-state index contributed by atoms with van der Waals surface area (Å²) in [5.74, 6) is 0.345. The molecule has 3 N–H and O–H groups in total. The van der Waals surface area contributed by atoms with E-state index in [4.69, 9.17) is 4.74 Å². The van der Waals surface area contributed by atoms with E-state index in [1.54, 1.807) is 30.3 Å². The Bertz CT molecular complexity index is 934. The molecule has 0 bridgehead atoms. The molecular formula is C19H18N4O3. The lowest BCUT2D eigenvalue weighted by molar-refractivity contribution is 0.0950. The summed E-state index contributed by atoms with van der Waals surface area (Å²) in [6.45, 7) is 2.44. The number of amides is 1. The molecule has 0 unspecified atom stereocenters. The summed E-state index contributed by atoms with van der Waals surface area (Å²) in [4.78, 5) is 12.2. The maximum absolute atomic E-state index is 12.2. The van der Waals surface area contributed by atoms with Gasteiger partial charge in [-0.1, -0.05) is 24.3 Å². The number of hydrogen-bond acceptors (Lipinski definition) is 5. The maximum Gasteiger partial charge on any atom is 0.289 e. The SMILES string of the molecule is CCOc1ccccc1-c1cc(C(=O)NN=Cc2ccccc2O)[nH]n1. The van der Waals surface area contributed by atoms with Crippen LogP contribution >= 0.6 is 0 Å². The van der Waals surface area contributed by atoms with Crippen molar-refractivity contribution in [1.82, 2.24) is 15.6 Å². The summed E-state index contributed by atoms with van der Waals surface area (Å²) in [5.41, 5.74) is 4.56. The van der Waals surface area contributed by atoms with E-state index in [2.05, 4.69) is 20.7 Å². The molecule has 1 aromatic heterocycles. The lowest BCUT2D eigenvalue weighted by Gasteiger charge is -2.07. The zero-order valence-electron chi connectivity index (χ0n) is 14.1. The van der Waals surface area contributed by atoms with Gasteiger partial charge >= 0.3 is 0 Å². The average molecular weight is 350 g/mol. The summed E-state index contributed by atoms with van der Waals surface area (Å²) in [6, 6.07) is 15.8. The van der Waals surface area contributed by atoms with Crippen LogP contribution in [-0.2, 0) is 0 Å². The number of carbonyl (C=O) groups excluding carboxylic acids is 1. The number of rotatable bonds is 6. The smallest absolute Gasteiger partial charge is 0.289 e. The van der Waals surface area contributed by atoms with Crippen LogP contribution in [0.2, 0.25) is 0 Å². The topological polar surface area (TPSA) is 99.6 Å². The number of para-hydroxylation sites is 2. The van der Waals surface area contributed by atoms with Crippen LogP contribution in [-0.4, -0.2) is 34.0 Å². The average Bonchev–Trinajstić information content (AvgIpc) is 3.14. The number of phenols is 1. The number of hydrazone groups is 1. The van der Waals surface area contributed by atoms with Gasteiger partial charge in [0.05, 0.1) is 18.5 Å². The molecule has 7 heteroatoms. The first kappa shape index (κ1) is 17.2. The van der Waals surface area contributed by atoms with Gasteiger partial charge in [-0.3, -0.25) is 9.89 Å². The highest BCUT2D eigenvalue weighted by Gasteiger charge is 2.13. The van der Waals surface area contributed by atoms with Gasteiger partial charge in [0.1, 0.15) is 17.2 Å². The van der Waals surface area contributed by atoms with Crippen molar-refractivity contribution in [1.29, 1.82) is 0 Å². The highest BCUT2D eigenvalue weighted by atomic mass is 16.5. The number of ether oxygens (including phenoxy) is 1. The monoisotopic (exact) mass is 350 g/mol. The molecule has 0 spiro atoms. The van der Waals surface area contributed by atoms with E-state index in [1.165, 1.54) is 6.21 Å². The molecule has 0 aliphatic heterocycles. The number of phenolic OH excluding ortho intramolecular Hbond substituents is 1. The van der Waals surface area contributed by atoms with E-state index >= 15 is 0 Å². The van der Waals surface area contributed by atoms with Crippen LogP contribution in [0.4, 0.5) is 0 Å². The van der Waals surface area contributed by atoms with Gasteiger partial charge in [0.2, 0.25) is 0 Å². The largest absolute Gasteiger partial charge is 0.507 e. The van der Waals surface area contributed by atoms with Gasteiger partial charge in [-0.25, -0.2) is 5.43 Å². The molecule has 0 radical (unpaired) electrons. The fraction of sp³-hybridized carbons (Fsp3) is 0.105. The summed E-state index contributed by atoms with van der Waals surface area (Å²) in [6.07, 6.45) is 1.37. The lowest BCUT2D eigenvalue weighted by Crippen LogP contribution is -2.18. The van der Waals surface area contributed by atoms with Crippen LogP contribution in [0.15, 0.2) is 59.7 Å². The highest BCUT2D eigenvalue weighted by Crippen LogP contribution is 2.28. The second-order valence-corrected chi connectivity index (χ2v) is 5.35. The molecule has 1 amide bonds. The minimum Gasteiger partial charge on any atom is -0.507 e. The molecule has 0 atom stereocenters. The van der Waals surface area contributed by atoms with Crippen molar-refractivity contribution >= 4 is 12.1 Å². The first-order valence-electron chi connectivity index (χ1n) is 8.08. The lowest BCUT2D eigenvalue weighted by atomic mass is 10.1. The summed E-state index contributed by atoms with van der Waals surface area (Å²) in [5, 5.41) is 20.4. The third-order valence-corrected chi connectivity index (χ3v) is 3.59. The Balaban J connectivity index is 1.72. The number of carbonyl (C=O) groups is 1. The Kier molecular flexibility index (Phi) is 5.28.